The Bertz CT molecular complexity index is 1430. The summed E-state index contributed by atoms with van der Waals surface area (Å²) in [6, 6.07) is 0. The fraction of sp³-hybridized carbons (Fsp3) is 0.712. The lowest BCUT2D eigenvalue weighted by atomic mass is 10.0. The molecule has 1 atom stereocenters. The van der Waals surface area contributed by atoms with Gasteiger partial charge in [0.1, 0.15) is 13.2 Å². The quantitative estimate of drug-likeness (QED) is 0.0261. The first-order valence-corrected chi connectivity index (χ1v) is 30.2. The van der Waals surface area contributed by atoms with Gasteiger partial charge < -0.3 is 14.2 Å². The van der Waals surface area contributed by atoms with Crippen LogP contribution in [0, 0.1) is 0 Å². The van der Waals surface area contributed by atoms with Gasteiger partial charge in [-0.2, -0.15) is 0 Å². The van der Waals surface area contributed by atoms with Gasteiger partial charge >= 0.3 is 17.9 Å². The van der Waals surface area contributed by atoms with Crippen molar-refractivity contribution in [1.82, 2.24) is 0 Å². The molecular weight excluding hydrogens is 889 g/mol. The minimum Gasteiger partial charge on any atom is -0.462 e. The first-order chi connectivity index (χ1) is 35.5. The second-order valence-corrected chi connectivity index (χ2v) is 19.9. The summed E-state index contributed by atoms with van der Waals surface area (Å²) in [6.07, 6.45) is 79.7. The SMILES string of the molecule is CC/C=C\C/C=C\C/C=C\C/C=C\CCCCCCCCC(=O)OCC(COC(=O)CCC/C=C\C/C=C\C/C=C\C/C=C\CCCCC)OC(=O)CCCCCCCCCCCCCCCCCCCC. The number of esters is 3. The van der Waals surface area contributed by atoms with E-state index in [4.69, 9.17) is 14.2 Å². The minimum absolute atomic E-state index is 0.101. The molecule has 0 aliphatic carbocycles. The number of allylic oxidation sites excluding steroid dienone is 16. The molecule has 0 spiro atoms. The Kier molecular flexibility index (Phi) is 56.8. The third-order valence-electron chi connectivity index (χ3n) is 12.8. The van der Waals surface area contributed by atoms with Gasteiger partial charge in [-0.05, 0) is 96.3 Å². The normalized spacial score (nSPS) is 12.8. The zero-order valence-electron chi connectivity index (χ0n) is 47.2. The first kappa shape index (κ1) is 68.3. The van der Waals surface area contributed by atoms with Crippen molar-refractivity contribution in [2.45, 2.75) is 290 Å². The number of unbranched alkanes of at least 4 members (excludes halogenated alkanes) is 27. The van der Waals surface area contributed by atoms with Crippen LogP contribution >= 0.6 is 0 Å². The van der Waals surface area contributed by atoms with Gasteiger partial charge in [-0.15, -0.1) is 0 Å². The molecule has 0 aliphatic rings. The van der Waals surface area contributed by atoms with E-state index in [1.807, 2.05) is 0 Å². The smallest absolute Gasteiger partial charge is 0.306 e. The minimum atomic E-state index is -0.806. The Balaban J connectivity index is 4.47. The van der Waals surface area contributed by atoms with Gasteiger partial charge in [0.05, 0.1) is 0 Å². The molecule has 0 saturated heterocycles. The summed E-state index contributed by atoms with van der Waals surface area (Å²) in [5, 5.41) is 0. The molecular formula is C66H112O6. The lowest BCUT2D eigenvalue weighted by molar-refractivity contribution is -0.167. The highest BCUT2D eigenvalue weighted by molar-refractivity contribution is 5.71. The summed E-state index contributed by atoms with van der Waals surface area (Å²) in [6.45, 7) is 6.46. The number of carbonyl (C=O) groups excluding carboxylic acids is 3. The van der Waals surface area contributed by atoms with E-state index >= 15 is 0 Å². The van der Waals surface area contributed by atoms with E-state index in [-0.39, 0.29) is 37.5 Å². The summed E-state index contributed by atoms with van der Waals surface area (Å²) in [4.78, 5) is 38.2. The predicted molar refractivity (Wildman–Crippen MR) is 311 cm³/mol. The van der Waals surface area contributed by atoms with Crippen LogP contribution < -0.4 is 0 Å². The zero-order chi connectivity index (χ0) is 52.2. The predicted octanol–water partition coefficient (Wildman–Crippen LogP) is 20.5. The van der Waals surface area contributed by atoms with Gasteiger partial charge in [-0.1, -0.05) is 266 Å². The molecule has 0 fully saturated rings. The molecule has 6 heteroatoms. The average Bonchev–Trinajstić information content (AvgIpc) is 3.38. The largest absolute Gasteiger partial charge is 0.462 e. The highest BCUT2D eigenvalue weighted by Gasteiger charge is 2.19. The van der Waals surface area contributed by atoms with Crippen molar-refractivity contribution in [3.63, 3.8) is 0 Å². The van der Waals surface area contributed by atoms with Crippen LogP contribution in [-0.2, 0) is 28.6 Å². The van der Waals surface area contributed by atoms with Crippen molar-refractivity contribution < 1.29 is 28.6 Å². The van der Waals surface area contributed by atoms with E-state index in [1.54, 1.807) is 0 Å². The highest BCUT2D eigenvalue weighted by Crippen LogP contribution is 2.16. The molecule has 412 valence electrons. The third kappa shape index (κ3) is 57.2. The molecule has 1 unspecified atom stereocenters. The van der Waals surface area contributed by atoms with E-state index < -0.39 is 6.10 Å². The molecule has 0 rings (SSSR count). The molecule has 0 radical (unpaired) electrons. The average molecular weight is 1000 g/mol. The van der Waals surface area contributed by atoms with E-state index in [0.717, 1.165) is 103 Å². The summed E-state index contributed by atoms with van der Waals surface area (Å²) in [7, 11) is 0. The molecule has 0 saturated carbocycles. The monoisotopic (exact) mass is 1000 g/mol. The fourth-order valence-corrected chi connectivity index (χ4v) is 8.31. The number of carbonyl (C=O) groups is 3. The highest BCUT2D eigenvalue weighted by atomic mass is 16.6. The Morgan fingerprint density at radius 1 is 0.292 bits per heavy atom. The molecule has 0 amide bonds. The molecule has 0 aromatic rings. The van der Waals surface area contributed by atoms with Crippen molar-refractivity contribution in [3.8, 4) is 0 Å². The van der Waals surface area contributed by atoms with Crippen molar-refractivity contribution in [3.05, 3.63) is 97.2 Å². The Morgan fingerprint density at radius 3 is 0.931 bits per heavy atom. The van der Waals surface area contributed by atoms with Crippen molar-refractivity contribution >= 4 is 17.9 Å². The van der Waals surface area contributed by atoms with Gasteiger partial charge in [-0.25, -0.2) is 0 Å². The lowest BCUT2D eigenvalue weighted by Crippen LogP contribution is -2.30. The molecule has 0 aromatic carbocycles. The fourth-order valence-electron chi connectivity index (χ4n) is 8.31. The topological polar surface area (TPSA) is 78.9 Å². The first-order valence-electron chi connectivity index (χ1n) is 30.2. The standard InChI is InChI=1S/C66H112O6/c1-4-7-10-13-16-19-22-25-28-31-33-36-38-41-44-47-50-53-56-59-65(68)71-62-63(61-70-64(67)58-55-52-49-46-43-40-37-34-30-27-24-21-18-15-12-9-6-3)72-66(69)60-57-54-51-48-45-42-39-35-32-29-26-23-20-17-14-11-8-5-2/h7,10,16,18-19,21,25,27-28,30,33,36-37,40,46,49,63H,4-6,8-9,11-15,17,20,22-24,26,29,31-32,34-35,38-39,41-45,47-48,50-62H2,1-3H3/b10-7-,19-16-,21-18-,28-25-,30-27-,36-33-,40-37-,49-46-. The van der Waals surface area contributed by atoms with Crippen LogP contribution in [0.25, 0.3) is 0 Å². The molecule has 0 aromatic heterocycles. The van der Waals surface area contributed by atoms with E-state index in [9.17, 15) is 14.4 Å². The lowest BCUT2D eigenvalue weighted by Gasteiger charge is -2.18. The van der Waals surface area contributed by atoms with Crippen LogP contribution in [0.15, 0.2) is 97.2 Å². The maximum absolute atomic E-state index is 12.9. The number of hydrogen-bond acceptors (Lipinski definition) is 6. The van der Waals surface area contributed by atoms with Crippen LogP contribution in [-0.4, -0.2) is 37.2 Å². The van der Waals surface area contributed by atoms with Crippen molar-refractivity contribution in [2.24, 2.45) is 0 Å². The van der Waals surface area contributed by atoms with Gasteiger partial charge in [0.15, 0.2) is 6.10 Å². The maximum Gasteiger partial charge on any atom is 0.306 e. The Labute approximate surface area is 445 Å². The number of rotatable bonds is 54. The number of ether oxygens (including phenoxy) is 3. The molecule has 72 heavy (non-hydrogen) atoms. The number of hydrogen-bond donors (Lipinski definition) is 0. The van der Waals surface area contributed by atoms with Gasteiger partial charge in [-0.3, -0.25) is 14.4 Å². The maximum atomic E-state index is 12.9. The van der Waals surface area contributed by atoms with Crippen LogP contribution in [0.3, 0.4) is 0 Å². The zero-order valence-corrected chi connectivity index (χ0v) is 47.2. The van der Waals surface area contributed by atoms with Crippen LogP contribution in [0.1, 0.15) is 284 Å². The summed E-state index contributed by atoms with van der Waals surface area (Å²) >= 11 is 0. The second-order valence-electron chi connectivity index (χ2n) is 19.9. The van der Waals surface area contributed by atoms with Gasteiger partial charge in [0.25, 0.3) is 0 Å². The summed E-state index contributed by atoms with van der Waals surface area (Å²) < 4.78 is 16.9. The van der Waals surface area contributed by atoms with E-state index in [1.165, 1.54) is 135 Å². The van der Waals surface area contributed by atoms with Crippen molar-refractivity contribution in [2.75, 3.05) is 13.2 Å². The summed E-state index contributed by atoms with van der Waals surface area (Å²) in [5.41, 5.74) is 0. The van der Waals surface area contributed by atoms with Crippen LogP contribution in [0.2, 0.25) is 0 Å². The van der Waals surface area contributed by atoms with E-state index in [2.05, 4.69) is 118 Å². The third-order valence-corrected chi connectivity index (χ3v) is 12.8. The molecule has 0 aliphatic heterocycles. The molecule has 0 heterocycles. The Morgan fingerprint density at radius 2 is 0.556 bits per heavy atom. The summed E-state index contributed by atoms with van der Waals surface area (Å²) in [5.74, 6) is -0.962. The molecule has 0 N–H and O–H groups in total. The Hall–Kier alpha value is -3.67. The molecule has 6 nitrogen and oxygen atoms in total. The van der Waals surface area contributed by atoms with Crippen LogP contribution in [0.5, 0.6) is 0 Å². The van der Waals surface area contributed by atoms with Gasteiger partial charge in [0.2, 0.25) is 0 Å². The van der Waals surface area contributed by atoms with E-state index in [0.29, 0.717) is 19.3 Å². The van der Waals surface area contributed by atoms with Gasteiger partial charge in [0, 0.05) is 19.3 Å². The van der Waals surface area contributed by atoms with Crippen LogP contribution in [0.4, 0.5) is 0 Å². The molecule has 0 bridgehead atoms. The van der Waals surface area contributed by atoms with Crippen molar-refractivity contribution in [1.29, 1.82) is 0 Å². The second kappa shape index (κ2) is 59.9.